The van der Waals surface area contributed by atoms with E-state index in [1.54, 1.807) is 7.11 Å². The molecule has 3 nitrogen and oxygen atoms in total. The van der Waals surface area contributed by atoms with E-state index in [0.717, 1.165) is 23.8 Å². The molecule has 1 aliphatic rings. The molecular weight excluding hydrogens is 238 g/mol. The molecule has 1 fully saturated rings. The highest BCUT2D eigenvalue weighted by molar-refractivity contribution is 5.36. The highest BCUT2D eigenvalue weighted by Gasteiger charge is 2.13. The Morgan fingerprint density at radius 3 is 2.68 bits per heavy atom. The maximum absolute atomic E-state index is 5.85. The fourth-order valence-corrected chi connectivity index (χ4v) is 2.78. The quantitative estimate of drug-likeness (QED) is 0.857. The first-order valence-corrected chi connectivity index (χ1v) is 7.27. The number of hydrogen-bond donors (Lipinski definition) is 1. The molecule has 2 rings (SSSR count). The van der Waals surface area contributed by atoms with Crippen LogP contribution in [0.5, 0.6) is 5.75 Å². The molecule has 0 radical (unpaired) electrons. The predicted octanol–water partition coefficient (Wildman–Crippen LogP) is 3.25. The van der Waals surface area contributed by atoms with E-state index < -0.39 is 0 Å². The van der Waals surface area contributed by atoms with Crippen LogP contribution in [0.2, 0.25) is 0 Å². The Bertz CT molecular complexity index is 386. The topological polar surface area (TPSA) is 44.5 Å². The lowest BCUT2D eigenvalue weighted by Gasteiger charge is -2.21. The van der Waals surface area contributed by atoms with E-state index in [9.17, 15) is 0 Å². The van der Waals surface area contributed by atoms with E-state index in [-0.39, 0.29) is 0 Å². The van der Waals surface area contributed by atoms with Crippen LogP contribution in [-0.4, -0.2) is 13.7 Å². The van der Waals surface area contributed by atoms with Crippen LogP contribution in [0.25, 0.3) is 0 Å². The highest BCUT2D eigenvalue weighted by atomic mass is 16.5. The molecule has 0 amide bonds. The van der Waals surface area contributed by atoms with Crippen molar-refractivity contribution < 1.29 is 9.47 Å². The lowest BCUT2D eigenvalue weighted by molar-refractivity contribution is 0.0739. The normalized spacial score (nSPS) is 16.5. The Labute approximate surface area is 116 Å². The van der Waals surface area contributed by atoms with Crippen LogP contribution in [0, 0.1) is 5.92 Å². The molecule has 1 aliphatic carbocycles. The molecule has 0 spiro atoms. The zero-order valence-corrected chi connectivity index (χ0v) is 11.9. The molecule has 0 aromatic heterocycles. The molecule has 1 saturated carbocycles. The second kappa shape index (κ2) is 7.51. The smallest absolute Gasteiger partial charge is 0.123 e. The van der Waals surface area contributed by atoms with Gasteiger partial charge in [-0.05, 0) is 36.5 Å². The minimum Gasteiger partial charge on any atom is -0.496 e. The maximum atomic E-state index is 5.85. The second-order valence-corrected chi connectivity index (χ2v) is 5.37. The first kappa shape index (κ1) is 14.4. The summed E-state index contributed by atoms with van der Waals surface area (Å²) in [6.07, 6.45) is 6.80. The highest BCUT2D eigenvalue weighted by Crippen LogP contribution is 2.24. The van der Waals surface area contributed by atoms with Gasteiger partial charge in [-0.2, -0.15) is 0 Å². The molecule has 3 heteroatoms. The number of ether oxygens (including phenoxy) is 2. The van der Waals surface area contributed by atoms with Crippen LogP contribution in [0.1, 0.15) is 43.2 Å². The molecule has 0 saturated heterocycles. The van der Waals surface area contributed by atoms with Crippen molar-refractivity contribution in [3.05, 3.63) is 29.3 Å². The second-order valence-electron chi connectivity index (χ2n) is 5.37. The van der Waals surface area contributed by atoms with E-state index in [4.69, 9.17) is 15.2 Å². The number of rotatable bonds is 6. The molecule has 0 heterocycles. The Morgan fingerprint density at radius 1 is 1.21 bits per heavy atom. The van der Waals surface area contributed by atoms with Crippen LogP contribution in [0.15, 0.2) is 18.2 Å². The third-order valence-corrected chi connectivity index (χ3v) is 3.91. The number of benzene rings is 1. The minimum absolute atomic E-state index is 0.500. The summed E-state index contributed by atoms with van der Waals surface area (Å²) in [5, 5.41) is 0. The molecule has 19 heavy (non-hydrogen) atoms. The summed E-state index contributed by atoms with van der Waals surface area (Å²) < 4.78 is 11.1. The molecule has 1 aromatic carbocycles. The van der Waals surface area contributed by atoms with E-state index in [1.807, 2.05) is 6.07 Å². The third kappa shape index (κ3) is 4.22. The van der Waals surface area contributed by atoms with Gasteiger partial charge in [-0.3, -0.25) is 0 Å². The molecule has 1 aromatic rings. The number of nitrogens with two attached hydrogens (primary N) is 1. The fourth-order valence-electron chi connectivity index (χ4n) is 2.78. The van der Waals surface area contributed by atoms with Gasteiger partial charge in [0.25, 0.3) is 0 Å². The summed E-state index contributed by atoms with van der Waals surface area (Å²) in [6, 6.07) is 6.11. The summed E-state index contributed by atoms with van der Waals surface area (Å²) >= 11 is 0. The lowest BCUT2D eigenvalue weighted by atomic mass is 9.90. The van der Waals surface area contributed by atoms with Gasteiger partial charge in [0.1, 0.15) is 5.75 Å². The standard InChI is InChI=1S/C16H25NO2/c1-18-16-8-7-14(9-15(16)10-17)12-19-11-13-5-3-2-4-6-13/h7-9,13H,2-6,10-12,17H2,1H3. The average molecular weight is 263 g/mol. The molecule has 0 aliphatic heterocycles. The number of hydrogen-bond acceptors (Lipinski definition) is 3. The SMILES string of the molecule is COc1ccc(COCC2CCCCC2)cc1CN. The van der Waals surface area contributed by atoms with Crippen LogP contribution < -0.4 is 10.5 Å². The molecule has 0 unspecified atom stereocenters. The van der Waals surface area contributed by atoms with E-state index in [2.05, 4.69) is 12.1 Å². The van der Waals surface area contributed by atoms with Gasteiger partial charge < -0.3 is 15.2 Å². The largest absolute Gasteiger partial charge is 0.496 e. The van der Waals surface area contributed by atoms with Crippen molar-refractivity contribution in [1.82, 2.24) is 0 Å². The fraction of sp³-hybridized carbons (Fsp3) is 0.625. The Balaban J connectivity index is 1.81. The van der Waals surface area contributed by atoms with Crippen molar-refractivity contribution in [1.29, 1.82) is 0 Å². The summed E-state index contributed by atoms with van der Waals surface area (Å²) in [5.74, 6) is 1.62. The average Bonchev–Trinajstić information content (AvgIpc) is 2.48. The first-order valence-electron chi connectivity index (χ1n) is 7.27. The Kier molecular flexibility index (Phi) is 5.67. The molecule has 0 atom stereocenters. The molecule has 106 valence electrons. The van der Waals surface area contributed by atoms with E-state index >= 15 is 0 Å². The van der Waals surface area contributed by atoms with Gasteiger partial charge in [0.15, 0.2) is 0 Å². The van der Waals surface area contributed by atoms with E-state index in [1.165, 1.54) is 37.7 Å². The van der Waals surface area contributed by atoms with Crippen molar-refractivity contribution in [2.45, 2.75) is 45.3 Å². The first-order chi connectivity index (χ1) is 9.33. The Morgan fingerprint density at radius 2 is 2.00 bits per heavy atom. The zero-order valence-electron chi connectivity index (χ0n) is 11.9. The summed E-state index contributed by atoms with van der Waals surface area (Å²) in [6.45, 7) is 2.07. The van der Waals surface area contributed by atoms with Crippen LogP contribution in [0.4, 0.5) is 0 Å². The molecular formula is C16H25NO2. The van der Waals surface area contributed by atoms with Gasteiger partial charge in [0, 0.05) is 18.7 Å². The summed E-state index contributed by atoms with van der Waals surface area (Å²) in [4.78, 5) is 0. The zero-order chi connectivity index (χ0) is 13.5. The van der Waals surface area contributed by atoms with Gasteiger partial charge in [-0.1, -0.05) is 25.3 Å². The van der Waals surface area contributed by atoms with Crippen molar-refractivity contribution in [3.63, 3.8) is 0 Å². The van der Waals surface area contributed by atoms with Crippen LogP contribution in [0.3, 0.4) is 0 Å². The predicted molar refractivity (Wildman–Crippen MR) is 77.1 cm³/mol. The molecule has 2 N–H and O–H groups in total. The van der Waals surface area contributed by atoms with Crippen molar-refractivity contribution in [2.75, 3.05) is 13.7 Å². The summed E-state index contributed by atoms with van der Waals surface area (Å²) in [5.41, 5.74) is 7.94. The Hall–Kier alpha value is -1.06. The van der Waals surface area contributed by atoms with E-state index in [0.29, 0.717) is 13.2 Å². The lowest BCUT2D eigenvalue weighted by Crippen LogP contribution is -2.13. The van der Waals surface area contributed by atoms with Gasteiger partial charge >= 0.3 is 0 Å². The minimum atomic E-state index is 0.500. The van der Waals surface area contributed by atoms with Crippen molar-refractivity contribution >= 4 is 0 Å². The number of methoxy groups -OCH3 is 1. The maximum Gasteiger partial charge on any atom is 0.123 e. The van der Waals surface area contributed by atoms with Crippen molar-refractivity contribution in [3.8, 4) is 5.75 Å². The third-order valence-electron chi connectivity index (χ3n) is 3.91. The summed E-state index contributed by atoms with van der Waals surface area (Å²) in [7, 11) is 1.67. The van der Waals surface area contributed by atoms with Gasteiger partial charge in [-0.15, -0.1) is 0 Å². The van der Waals surface area contributed by atoms with Crippen molar-refractivity contribution in [2.24, 2.45) is 11.7 Å². The monoisotopic (exact) mass is 263 g/mol. The van der Waals surface area contributed by atoms with Gasteiger partial charge in [0.2, 0.25) is 0 Å². The van der Waals surface area contributed by atoms with Gasteiger partial charge in [-0.25, -0.2) is 0 Å². The van der Waals surface area contributed by atoms with Gasteiger partial charge in [0.05, 0.1) is 13.7 Å². The van der Waals surface area contributed by atoms with Crippen LogP contribution in [-0.2, 0) is 17.9 Å². The van der Waals surface area contributed by atoms with Crippen LogP contribution >= 0.6 is 0 Å². The molecule has 0 bridgehead atoms.